The molecule has 0 fully saturated rings. The Labute approximate surface area is 201 Å². The van der Waals surface area contributed by atoms with Gasteiger partial charge in [0.2, 0.25) is 11.3 Å². The highest BCUT2D eigenvalue weighted by Gasteiger charge is 2.27. The maximum absolute atomic E-state index is 13.1. The van der Waals surface area contributed by atoms with Crippen LogP contribution in [-0.4, -0.2) is 53.9 Å². The predicted molar refractivity (Wildman–Crippen MR) is 125 cm³/mol. The van der Waals surface area contributed by atoms with Crippen molar-refractivity contribution in [3.63, 3.8) is 0 Å². The van der Waals surface area contributed by atoms with E-state index in [0.717, 1.165) is 26.4 Å². The molecule has 36 heavy (non-hydrogen) atoms. The molecule has 1 aliphatic heterocycles. The molecule has 0 saturated heterocycles. The predicted octanol–water partition coefficient (Wildman–Crippen LogP) is 1.17. The van der Waals surface area contributed by atoms with Crippen molar-refractivity contribution in [1.29, 1.82) is 0 Å². The number of esters is 2. The Morgan fingerprint density at radius 3 is 2.50 bits per heavy atom. The summed E-state index contributed by atoms with van der Waals surface area (Å²) in [5.41, 5.74) is -1.45. The van der Waals surface area contributed by atoms with Crippen LogP contribution in [0.1, 0.15) is 34.2 Å². The van der Waals surface area contributed by atoms with Crippen LogP contribution < -0.4 is 16.2 Å². The number of aromatic nitrogens is 2. The van der Waals surface area contributed by atoms with Gasteiger partial charge >= 0.3 is 11.9 Å². The van der Waals surface area contributed by atoms with Crippen LogP contribution in [-0.2, 0) is 19.1 Å². The van der Waals surface area contributed by atoms with Crippen LogP contribution in [0, 0.1) is 0 Å². The Morgan fingerprint density at radius 1 is 1.08 bits per heavy atom. The number of carbonyl (C=O) groups is 4. The Kier molecular flexibility index (Phi) is 6.34. The second-order valence-electron chi connectivity index (χ2n) is 7.78. The van der Waals surface area contributed by atoms with Crippen LogP contribution in [0.3, 0.4) is 0 Å². The minimum absolute atomic E-state index is 0.00778. The molecule has 1 aromatic heterocycles. The van der Waals surface area contributed by atoms with E-state index in [1.165, 1.54) is 25.1 Å². The number of pyridine rings is 1. The molecule has 12 nitrogen and oxygen atoms in total. The number of nitrogens with one attached hydrogen (secondary N) is 2. The summed E-state index contributed by atoms with van der Waals surface area (Å²) in [6.45, 7) is 1.20. The van der Waals surface area contributed by atoms with E-state index in [1.807, 2.05) is 0 Å². The largest absolute Gasteiger partial charge is 0.467 e. The molecule has 0 spiro atoms. The molecule has 1 aromatic carbocycles. The van der Waals surface area contributed by atoms with Gasteiger partial charge in [-0.3, -0.25) is 19.2 Å². The average Bonchev–Trinajstić information content (AvgIpc) is 2.85. The molecule has 0 bridgehead atoms. The number of H-pyrrole nitrogens is 1. The number of hydrogen-bond donors (Lipinski definition) is 2. The van der Waals surface area contributed by atoms with Gasteiger partial charge in [-0.05, 0) is 12.1 Å². The van der Waals surface area contributed by atoms with E-state index in [2.05, 4.69) is 24.8 Å². The van der Waals surface area contributed by atoms with E-state index in [-0.39, 0.29) is 44.7 Å². The first-order valence-corrected chi connectivity index (χ1v) is 10.5. The van der Waals surface area contributed by atoms with Gasteiger partial charge in [0.25, 0.3) is 0 Å². The van der Waals surface area contributed by atoms with Crippen molar-refractivity contribution < 1.29 is 33.1 Å². The summed E-state index contributed by atoms with van der Waals surface area (Å²) in [6.07, 6.45) is -0.422. The van der Waals surface area contributed by atoms with Crippen molar-refractivity contribution in [2.75, 3.05) is 14.2 Å². The smallest absolute Gasteiger partial charge is 0.354 e. The van der Waals surface area contributed by atoms with Gasteiger partial charge in [-0.2, -0.15) is 0 Å². The van der Waals surface area contributed by atoms with Gasteiger partial charge in [0.1, 0.15) is 28.5 Å². The molecule has 4 rings (SSSR count). The molecule has 2 heterocycles. The van der Waals surface area contributed by atoms with E-state index in [1.54, 1.807) is 0 Å². The molecule has 184 valence electrons. The van der Waals surface area contributed by atoms with Gasteiger partial charge in [0.15, 0.2) is 22.6 Å². The number of aromatic amines is 1. The maximum atomic E-state index is 13.1. The van der Waals surface area contributed by atoms with E-state index < -0.39 is 46.9 Å². The Hall–Kier alpha value is -4.87. The third kappa shape index (κ3) is 4.31. The number of amides is 1. The molecule has 12 heteroatoms. The molecule has 1 unspecified atom stereocenters. The molecule has 1 amide bonds. The molecule has 0 radical (unpaired) electrons. The molecule has 2 N–H and O–H groups in total. The molecule has 1 atom stereocenters. The van der Waals surface area contributed by atoms with E-state index in [9.17, 15) is 28.8 Å². The first-order chi connectivity index (χ1) is 17.1. The highest BCUT2D eigenvalue weighted by molar-refractivity contribution is 6.08. The Bertz CT molecular complexity index is 1650. The number of fused-ring (bicyclic) bond motifs is 4. The normalized spacial score (nSPS) is 11.9. The van der Waals surface area contributed by atoms with Crippen molar-refractivity contribution in [3.05, 3.63) is 62.0 Å². The van der Waals surface area contributed by atoms with Gasteiger partial charge < -0.3 is 24.2 Å². The summed E-state index contributed by atoms with van der Waals surface area (Å²) in [4.78, 5) is 81.2. The quantitative estimate of drug-likeness (QED) is 0.172. The SMILES string of the molecule is COC(=O)c1cc(=O)c2c3nc4c(C(=O)CC(NC(C)=O)C(=O)OC)cccc4oc-3cc(=O)c2[nH]1. The molecular weight excluding hydrogens is 474 g/mol. The van der Waals surface area contributed by atoms with Crippen LogP contribution in [0.25, 0.3) is 33.5 Å². The van der Waals surface area contributed by atoms with Crippen LogP contribution >= 0.6 is 0 Å². The zero-order valence-electron chi connectivity index (χ0n) is 19.3. The number of methoxy groups -OCH3 is 2. The minimum Gasteiger partial charge on any atom is -0.467 e. The van der Waals surface area contributed by atoms with Crippen LogP contribution in [0.2, 0.25) is 0 Å². The maximum Gasteiger partial charge on any atom is 0.354 e. The molecule has 1 aliphatic carbocycles. The van der Waals surface area contributed by atoms with Crippen LogP contribution in [0.5, 0.6) is 0 Å². The number of Topliss-reactive ketones (excluding diaryl/α,β-unsaturated/α-hetero) is 1. The molecule has 2 aromatic rings. The van der Waals surface area contributed by atoms with Gasteiger partial charge in [-0.1, -0.05) is 6.07 Å². The first-order valence-electron chi connectivity index (χ1n) is 10.5. The second kappa shape index (κ2) is 9.41. The van der Waals surface area contributed by atoms with Gasteiger partial charge in [-0.15, -0.1) is 0 Å². The van der Waals surface area contributed by atoms with E-state index in [4.69, 9.17) is 4.42 Å². The lowest BCUT2D eigenvalue weighted by Gasteiger charge is -2.15. The summed E-state index contributed by atoms with van der Waals surface area (Å²) in [5, 5.41) is 2.23. The van der Waals surface area contributed by atoms with Crippen LogP contribution in [0.15, 0.2) is 44.3 Å². The molecule has 2 aliphatic rings. The second-order valence-corrected chi connectivity index (χ2v) is 7.78. The van der Waals surface area contributed by atoms with Crippen molar-refractivity contribution in [1.82, 2.24) is 15.3 Å². The number of carbonyl (C=O) groups excluding carboxylic acids is 4. The summed E-state index contributed by atoms with van der Waals surface area (Å²) < 4.78 is 15.1. The summed E-state index contributed by atoms with van der Waals surface area (Å²) >= 11 is 0. The van der Waals surface area contributed by atoms with Gasteiger partial charge in [0, 0.05) is 31.0 Å². The fraction of sp³-hybridized carbons (Fsp3) is 0.208. The van der Waals surface area contributed by atoms with Crippen LogP contribution in [0.4, 0.5) is 0 Å². The number of nitrogens with zero attached hydrogens (tertiary/aromatic N) is 1. The number of ether oxygens (including phenoxy) is 2. The standard InChI is InChI=1S/C24H19N3O9/c1-10(28)25-12(23(32)34-2)7-14(29)11-5-4-6-17-20(11)27-22-18(36-17)9-16(31)21-19(22)15(30)8-13(26-21)24(33)35-3/h4-6,8-9,12H,7H2,1-3H3,(H,25,28)(H,26,30). The van der Waals surface area contributed by atoms with Crippen molar-refractivity contribution in [2.45, 2.75) is 19.4 Å². The summed E-state index contributed by atoms with van der Waals surface area (Å²) in [5.74, 6) is -2.73. The van der Waals surface area contributed by atoms with Gasteiger partial charge in [-0.25, -0.2) is 14.6 Å². The molecular formula is C24H19N3O9. The van der Waals surface area contributed by atoms with Crippen molar-refractivity contribution >= 4 is 45.6 Å². The fourth-order valence-corrected chi connectivity index (χ4v) is 3.82. The number of ketones is 1. The molecule has 0 saturated carbocycles. The van der Waals surface area contributed by atoms with Gasteiger partial charge in [0.05, 0.1) is 19.6 Å². The number of para-hydroxylation sites is 1. The topological polar surface area (TPSA) is 175 Å². The lowest BCUT2D eigenvalue weighted by molar-refractivity contribution is -0.144. The number of benzene rings is 2. The monoisotopic (exact) mass is 493 g/mol. The average molecular weight is 493 g/mol. The highest BCUT2D eigenvalue weighted by Crippen LogP contribution is 2.30. The third-order valence-corrected chi connectivity index (χ3v) is 5.41. The van der Waals surface area contributed by atoms with Crippen molar-refractivity contribution in [3.8, 4) is 11.5 Å². The Balaban J connectivity index is 1.92. The zero-order chi connectivity index (χ0) is 26.1. The minimum atomic E-state index is -1.23. The van der Waals surface area contributed by atoms with Crippen molar-refractivity contribution in [2.24, 2.45) is 0 Å². The highest BCUT2D eigenvalue weighted by atomic mass is 16.5. The number of rotatable bonds is 6. The summed E-state index contributed by atoms with van der Waals surface area (Å²) in [6, 6.07) is 5.35. The number of hydrogen-bond acceptors (Lipinski definition) is 10. The van der Waals surface area contributed by atoms with E-state index >= 15 is 0 Å². The summed E-state index contributed by atoms with van der Waals surface area (Å²) in [7, 11) is 2.26. The lowest BCUT2D eigenvalue weighted by atomic mass is 10.0. The third-order valence-electron chi connectivity index (χ3n) is 5.41. The Morgan fingerprint density at radius 2 is 1.83 bits per heavy atom. The van der Waals surface area contributed by atoms with E-state index in [0.29, 0.717) is 0 Å². The lowest BCUT2D eigenvalue weighted by Crippen LogP contribution is -2.41. The fourth-order valence-electron chi connectivity index (χ4n) is 3.82. The first kappa shape index (κ1) is 24.3. The zero-order valence-corrected chi connectivity index (χ0v) is 19.3.